The Balaban J connectivity index is 1.44. The van der Waals surface area contributed by atoms with E-state index >= 15 is 0 Å². The van der Waals surface area contributed by atoms with Crippen molar-refractivity contribution in [2.75, 3.05) is 11.5 Å². The van der Waals surface area contributed by atoms with E-state index in [1.165, 1.54) is 11.3 Å². The maximum Gasteiger partial charge on any atom is 0.355 e. The largest absolute Gasteiger partial charge is 0.422 e. The van der Waals surface area contributed by atoms with Gasteiger partial charge in [-0.3, -0.25) is 4.99 Å². The summed E-state index contributed by atoms with van der Waals surface area (Å²) in [4.78, 5) is 17.2. The van der Waals surface area contributed by atoms with Gasteiger partial charge < -0.3 is 4.74 Å². The van der Waals surface area contributed by atoms with Gasteiger partial charge in [-0.05, 0) is 42.3 Å². The number of thiophene rings is 1. The number of nitrogens with zero attached hydrogens (tertiary/aromatic N) is 1. The minimum Gasteiger partial charge on any atom is -0.422 e. The van der Waals surface area contributed by atoms with Crippen LogP contribution in [0.5, 0.6) is 5.75 Å². The van der Waals surface area contributed by atoms with E-state index in [4.69, 9.17) is 16.3 Å². The fraction of sp³-hybridized carbons (Fsp3) is 0.200. The molecule has 1 fully saturated rings. The molecule has 1 aliphatic heterocycles. The van der Waals surface area contributed by atoms with Gasteiger partial charge in [-0.1, -0.05) is 29.8 Å². The molecule has 3 aromatic rings. The van der Waals surface area contributed by atoms with Gasteiger partial charge in [-0.25, -0.2) is 13.2 Å². The fourth-order valence-electron chi connectivity index (χ4n) is 3.01. The molecule has 144 valence electrons. The van der Waals surface area contributed by atoms with Crippen LogP contribution in [0.3, 0.4) is 0 Å². The summed E-state index contributed by atoms with van der Waals surface area (Å²) in [7, 11) is -2.94. The number of benzene rings is 2. The van der Waals surface area contributed by atoms with Gasteiger partial charge in [0.2, 0.25) is 0 Å². The lowest BCUT2D eigenvalue weighted by atomic mass is 10.2. The zero-order chi connectivity index (χ0) is 19.7. The molecule has 4 rings (SSSR count). The van der Waals surface area contributed by atoms with Crippen molar-refractivity contribution in [3.63, 3.8) is 0 Å². The summed E-state index contributed by atoms with van der Waals surface area (Å²) in [6.45, 7) is 0. The Morgan fingerprint density at radius 2 is 1.93 bits per heavy atom. The molecule has 0 N–H and O–H groups in total. The molecule has 0 bridgehead atoms. The van der Waals surface area contributed by atoms with E-state index in [1.54, 1.807) is 30.5 Å². The van der Waals surface area contributed by atoms with E-state index in [0.717, 1.165) is 15.6 Å². The molecule has 0 amide bonds. The van der Waals surface area contributed by atoms with Gasteiger partial charge in [0.1, 0.15) is 10.6 Å². The number of esters is 1. The van der Waals surface area contributed by atoms with Gasteiger partial charge in [0.15, 0.2) is 9.84 Å². The zero-order valence-electron chi connectivity index (χ0n) is 14.7. The number of carbonyl (C=O) groups excluding carboxylic acids is 1. The van der Waals surface area contributed by atoms with E-state index in [9.17, 15) is 13.2 Å². The lowest BCUT2D eigenvalue weighted by Gasteiger charge is -2.04. The van der Waals surface area contributed by atoms with Crippen LogP contribution in [0.25, 0.3) is 10.1 Å². The van der Waals surface area contributed by atoms with Crippen molar-refractivity contribution in [2.24, 2.45) is 4.99 Å². The van der Waals surface area contributed by atoms with Crippen LogP contribution in [-0.2, 0) is 9.84 Å². The molecule has 1 aliphatic rings. The van der Waals surface area contributed by atoms with Gasteiger partial charge in [0.05, 0.1) is 22.6 Å². The number of hydrogen-bond donors (Lipinski definition) is 0. The zero-order valence-corrected chi connectivity index (χ0v) is 17.1. The Hall–Kier alpha value is -2.22. The van der Waals surface area contributed by atoms with Crippen molar-refractivity contribution in [3.8, 4) is 5.75 Å². The first-order chi connectivity index (χ1) is 13.4. The summed E-state index contributed by atoms with van der Waals surface area (Å²) in [5.74, 6) is 0.210. The summed E-state index contributed by atoms with van der Waals surface area (Å²) < 4.78 is 29.3. The molecule has 2 heterocycles. The number of sulfone groups is 1. The monoisotopic (exact) mass is 433 g/mol. The minimum atomic E-state index is -2.94. The molecule has 0 aliphatic carbocycles. The number of carbonyl (C=O) groups is 1. The van der Waals surface area contributed by atoms with Crippen molar-refractivity contribution in [1.29, 1.82) is 0 Å². The number of rotatable bonds is 4. The Morgan fingerprint density at radius 1 is 1.18 bits per heavy atom. The first-order valence-corrected chi connectivity index (χ1v) is 11.7. The Kier molecular flexibility index (Phi) is 5.23. The maximum atomic E-state index is 12.5. The van der Waals surface area contributed by atoms with E-state index in [1.807, 2.05) is 24.3 Å². The van der Waals surface area contributed by atoms with Crippen LogP contribution in [0.2, 0.25) is 5.02 Å². The lowest BCUT2D eigenvalue weighted by molar-refractivity contribution is 0.0740. The Labute approximate surface area is 171 Å². The van der Waals surface area contributed by atoms with Gasteiger partial charge in [-0.2, -0.15) is 0 Å². The molecule has 2 aromatic carbocycles. The second kappa shape index (κ2) is 7.66. The average Bonchev–Trinajstić information content (AvgIpc) is 3.21. The number of aliphatic imine (C=N–C) groups is 1. The third kappa shape index (κ3) is 4.11. The summed E-state index contributed by atoms with van der Waals surface area (Å²) in [5, 5.41) is 1.24. The summed E-state index contributed by atoms with van der Waals surface area (Å²) in [6, 6.07) is 14.2. The van der Waals surface area contributed by atoms with E-state index in [-0.39, 0.29) is 17.5 Å². The standard InChI is InChI=1S/C20H16ClNO4S2/c21-18-16-3-1-2-4-17(16)27-19(18)20(23)26-15-7-5-13(6-8-15)11-22-14-9-10-28(24,25)12-14/h1-8,11,14H,9-10,12H2/t14-/m0/s1. The maximum absolute atomic E-state index is 12.5. The minimum absolute atomic E-state index is 0.106. The molecule has 1 saturated heterocycles. The highest BCUT2D eigenvalue weighted by atomic mass is 35.5. The predicted molar refractivity (Wildman–Crippen MR) is 113 cm³/mol. The SMILES string of the molecule is O=C(Oc1ccc(C=N[C@H]2CCS(=O)(=O)C2)cc1)c1sc2ccccc2c1Cl. The highest BCUT2D eigenvalue weighted by molar-refractivity contribution is 7.91. The molecule has 28 heavy (non-hydrogen) atoms. The molecule has 0 unspecified atom stereocenters. The van der Waals surface area contributed by atoms with Crippen molar-refractivity contribution in [3.05, 3.63) is 64.0 Å². The highest BCUT2D eigenvalue weighted by Crippen LogP contribution is 2.35. The molecule has 0 spiro atoms. The van der Waals surface area contributed by atoms with Crippen LogP contribution in [-0.4, -0.2) is 38.1 Å². The molecular formula is C20H16ClNO4S2. The summed E-state index contributed by atoms with van der Waals surface area (Å²) in [6.07, 6.45) is 2.21. The Morgan fingerprint density at radius 3 is 2.61 bits per heavy atom. The van der Waals surface area contributed by atoms with Crippen LogP contribution in [0.4, 0.5) is 0 Å². The van der Waals surface area contributed by atoms with Gasteiger partial charge in [0.25, 0.3) is 0 Å². The number of fused-ring (bicyclic) bond motifs is 1. The molecular weight excluding hydrogens is 418 g/mol. The first-order valence-electron chi connectivity index (χ1n) is 8.64. The van der Waals surface area contributed by atoms with Crippen molar-refractivity contribution < 1.29 is 17.9 Å². The fourth-order valence-corrected chi connectivity index (χ4v) is 6.03. The number of ether oxygens (including phenoxy) is 1. The molecule has 8 heteroatoms. The second-order valence-corrected chi connectivity index (χ2v) is 10.2. The molecule has 0 saturated carbocycles. The molecule has 5 nitrogen and oxygen atoms in total. The number of hydrogen-bond acceptors (Lipinski definition) is 6. The van der Waals surface area contributed by atoms with Crippen LogP contribution in [0.15, 0.2) is 53.5 Å². The van der Waals surface area contributed by atoms with Crippen LogP contribution in [0.1, 0.15) is 21.7 Å². The third-order valence-corrected chi connectivity index (χ3v) is 7.86. The Bertz CT molecular complexity index is 1170. The predicted octanol–water partition coefficient (Wildman–Crippen LogP) is 4.38. The van der Waals surface area contributed by atoms with E-state index < -0.39 is 15.8 Å². The van der Waals surface area contributed by atoms with Gasteiger partial charge >= 0.3 is 5.97 Å². The highest BCUT2D eigenvalue weighted by Gasteiger charge is 2.26. The summed E-state index contributed by atoms with van der Waals surface area (Å²) >= 11 is 7.62. The quantitative estimate of drug-likeness (QED) is 0.347. The second-order valence-electron chi connectivity index (χ2n) is 6.53. The molecule has 0 radical (unpaired) electrons. The average molecular weight is 434 g/mol. The van der Waals surface area contributed by atoms with Crippen molar-refractivity contribution in [2.45, 2.75) is 12.5 Å². The third-order valence-electron chi connectivity index (χ3n) is 4.45. The van der Waals surface area contributed by atoms with Crippen molar-refractivity contribution in [1.82, 2.24) is 0 Å². The van der Waals surface area contributed by atoms with E-state index in [0.29, 0.717) is 22.1 Å². The van der Waals surface area contributed by atoms with Crippen molar-refractivity contribution >= 4 is 55.0 Å². The topological polar surface area (TPSA) is 72.8 Å². The van der Waals surface area contributed by atoms with Crippen LogP contribution >= 0.6 is 22.9 Å². The van der Waals surface area contributed by atoms with Crippen LogP contribution in [0, 0.1) is 0 Å². The van der Waals surface area contributed by atoms with Gasteiger partial charge in [-0.15, -0.1) is 11.3 Å². The molecule has 1 atom stereocenters. The molecule has 1 aromatic heterocycles. The summed E-state index contributed by atoms with van der Waals surface area (Å²) in [5.41, 5.74) is 0.809. The smallest absolute Gasteiger partial charge is 0.355 e. The number of halogens is 1. The van der Waals surface area contributed by atoms with Gasteiger partial charge in [0, 0.05) is 16.3 Å². The van der Waals surface area contributed by atoms with Crippen LogP contribution < -0.4 is 4.74 Å². The first kappa shape index (κ1) is 19.1. The normalized spacial score (nSPS) is 18.7. The lowest BCUT2D eigenvalue weighted by Crippen LogP contribution is -2.08. The van der Waals surface area contributed by atoms with E-state index in [2.05, 4.69) is 4.99 Å².